The van der Waals surface area contributed by atoms with Gasteiger partial charge in [-0.3, -0.25) is 4.79 Å². The molecule has 3 aromatic rings. The van der Waals surface area contributed by atoms with Crippen LogP contribution in [0.4, 0.5) is 0 Å². The van der Waals surface area contributed by atoms with E-state index in [0.717, 1.165) is 22.3 Å². The summed E-state index contributed by atoms with van der Waals surface area (Å²) < 4.78 is 5.99. The maximum atomic E-state index is 11.0. The number of carboxylic acid groups (broad SMARTS) is 1. The van der Waals surface area contributed by atoms with Crippen molar-refractivity contribution in [3.8, 4) is 16.9 Å². The van der Waals surface area contributed by atoms with Crippen molar-refractivity contribution < 1.29 is 14.6 Å². The third-order valence-electron chi connectivity index (χ3n) is 3.79. The highest BCUT2D eigenvalue weighted by atomic mass is 35.5. The highest BCUT2D eigenvalue weighted by molar-refractivity contribution is 6.30. The van der Waals surface area contributed by atoms with Gasteiger partial charge in [0.15, 0.2) is 0 Å². The monoisotopic (exact) mass is 352 g/mol. The molecule has 0 fully saturated rings. The summed E-state index contributed by atoms with van der Waals surface area (Å²) in [7, 11) is 0. The number of ether oxygens (including phenoxy) is 1. The van der Waals surface area contributed by atoms with Gasteiger partial charge in [0.2, 0.25) is 0 Å². The lowest BCUT2D eigenvalue weighted by Crippen LogP contribution is -2.02. The zero-order chi connectivity index (χ0) is 17.6. The highest BCUT2D eigenvalue weighted by Gasteiger charge is 2.10. The second kappa shape index (κ2) is 7.86. The average Bonchev–Trinajstić information content (AvgIpc) is 2.62. The van der Waals surface area contributed by atoms with Gasteiger partial charge in [0, 0.05) is 10.6 Å². The maximum absolute atomic E-state index is 11.0. The summed E-state index contributed by atoms with van der Waals surface area (Å²) in [6, 6.07) is 22.8. The minimum Gasteiger partial charge on any atom is -0.488 e. The summed E-state index contributed by atoms with van der Waals surface area (Å²) in [6.07, 6.45) is -0.0282. The van der Waals surface area contributed by atoms with Crippen molar-refractivity contribution in [1.29, 1.82) is 0 Å². The van der Waals surface area contributed by atoms with Gasteiger partial charge in [0.25, 0.3) is 0 Å². The summed E-state index contributed by atoms with van der Waals surface area (Å²) in [6.45, 7) is 0.444. The number of benzene rings is 3. The topological polar surface area (TPSA) is 46.5 Å². The lowest BCUT2D eigenvalue weighted by molar-refractivity contribution is -0.136. The van der Waals surface area contributed by atoms with Crippen LogP contribution >= 0.6 is 11.6 Å². The van der Waals surface area contributed by atoms with Crippen LogP contribution in [0.25, 0.3) is 11.1 Å². The minimum absolute atomic E-state index is 0.0282. The molecule has 3 aromatic carbocycles. The van der Waals surface area contributed by atoms with Crippen LogP contribution in [0, 0.1) is 0 Å². The van der Waals surface area contributed by atoms with Crippen LogP contribution in [0.5, 0.6) is 5.75 Å². The molecule has 3 rings (SSSR count). The molecule has 0 aliphatic rings. The molecule has 0 bridgehead atoms. The van der Waals surface area contributed by atoms with E-state index in [4.69, 9.17) is 21.4 Å². The Bertz CT molecular complexity index is 858. The Morgan fingerprint density at radius 2 is 1.64 bits per heavy atom. The number of carbonyl (C=O) groups is 1. The maximum Gasteiger partial charge on any atom is 0.307 e. The molecule has 0 amide bonds. The molecule has 1 N–H and O–H groups in total. The van der Waals surface area contributed by atoms with Crippen LogP contribution in [0.1, 0.15) is 11.1 Å². The van der Waals surface area contributed by atoms with E-state index in [1.54, 1.807) is 6.07 Å². The van der Waals surface area contributed by atoms with Crippen LogP contribution in [0.3, 0.4) is 0 Å². The highest BCUT2D eigenvalue weighted by Crippen LogP contribution is 2.32. The largest absolute Gasteiger partial charge is 0.488 e. The predicted molar refractivity (Wildman–Crippen MR) is 99.0 cm³/mol. The fourth-order valence-electron chi connectivity index (χ4n) is 2.58. The molecule has 25 heavy (non-hydrogen) atoms. The predicted octanol–water partition coefficient (Wildman–Crippen LogP) is 5.21. The van der Waals surface area contributed by atoms with E-state index in [2.05, 4.69) is 0 Å². The number of hydrogen-bond donors (Lipinski definition) is 1. The van der Waals surface area contributed by atoms with E-state index in [1.807, 2.05) is 66.7 Å². The van der Waals surface area contributed by atoms with Crippen LogP contribution in [0.15, 0.2) is 72.8 Å². The number of hydrogen-bond acceptors (Lipinski definition) is 2. The molecule has 0 spiro atoms. The van der Waals surface area contributed by atoms with Crippen molar-refractivity contribution >= 4 is 17.6 Å². The van der Waals surface area contributed by atoms with Crippen molar-refractivity contribution in [2.75, 3.05) is 0 Å². The van der Waals surface area contributed by atoms with Crippen LogP contribution in [-0.4, -0.2) is 11.1 Å². The van der Waals surface area contributed by atoms with Gasteiger partial charge in [-0.1, -0.05) is 60.1 Å². The lowest BCUT2D eigenvalue weighted by atomic mass is 10.0. The first-order chi connectivity index (χ1) is 12.1. The summed E-state index contributed by atoms with van der Waals surface area (Å²) in [4.78, 5) is 11.0. The Balaban J connectivity index is 1.92. The first-order valence-corrected chi connectivity index (χ1v) is 8.27. The molecule has 0 aromatic heterocycles. The van der Waals surface area contributed by atoms with Crippen LogP contribution < -0.4 is 4.74 Å². The summed E-state index contributed by atoms with van der Waals surface area (Å²) in [5, 5.41) is 9.69. The van der Waals surface area contributed by atoms with Crippen molar-refractivity contribution in [2.24, 2.45) is 0 Å². The second-order valence-corrected chi connectivity index (χ2v) is 6.12. The minimum atomic E-state index is -0.861. The number of aliphatic carboxylic acids is 1. The molecule has 3 nitrogen and oxygen atoms in total. The van der Waals surface area contributed by atoms with Crippen molar-refractivity contribution in [3.05, 3.63) is 88.9 Å². The van der Waals surface area contributed by atoms with Crippen molar-refractivity contribution in [2.45, 2.75) is 13.0 Å². The van der Waals surface area contributed by atoms with Gasteiger partial charge in [0.1, 0.15) is 12.4 Å². The smallest absolute Gasteiger partial charge is 0.307 e. The van der Waals surface area contributed by atoms with Crippen molar-refractivity contribution in [1.82, 2.24) is 0 Å². The SMILES string of the molecule is O=C(O)Cc1ccc(OCc2ccccc2)c(-c2ccc(Cl)cc2)c1. The average molecular weight is 353 g/mol. The fourth-order valence-corrected chi connectivity index (χ4v) is 2.70. The number of carboxylic acids is 1. The zero-order valence-corrected chi connectivity index (χ0v) is 14.2. The van der Waals surface area contributed by atoms with Gasteiger partial charge in [-0.05, 0) is 41.0 Å². The van der Waals surface area contributed by atoms with Gasteiger partial charge < -0.3 is 9.84 Å². The molecule has 0 aliphatic heterocycles. The molecule has 0 aliphatic carbocycles. The molecule has 0 atom stereocenters. The number of rotatable bonds is 6. The van der Waals surface area contributed by atoms with Crippen molar-refractivity contribution in [3.63, 3.8) is 0 Å². The fraction of sp³-hybridized carbons (Fsp3) is 0.0952. The normalized spacial score (nSPS) is 10.4. The van der Waals surface area contributed by atoms with Gasteiger partial charge >= 0.3 is 5.97 Å². The third-order valence-corrected chi connectivity index (χ3v) is 4.04. The third kappa shape index (κ3) is 4.61. The Morgan fingerprint density at radius 3 is 2.32 bits per heavy atom. The quantitative estimate of drug-likeness (QED) is 0.662. The molecule has 0 heterocycles. The molecule has 0 unspecified atom stereocenters. The first kappa shape index (κ1) is 17.1. The van der Waals surface area contributed by atoms with E-state index in [9.17, 15) is 4.79 Å². The van der Waals surface area contributed by atoms with Crippen LogP contribution in [0.2, 0.25) is 5.02 Å². The van der Waals surface area contributed by atoms with E-state index < -0.39 is 5.97 Å². The van der Waals surface area contributed by atoms with Gasteiger partial charge in [-0.2, -0.15) is 0 Å². The van der Waals surface area contributed by atoms with E-state index in [1.165, 1.54) is 0 Å². The Kier molecular flexibility index (Phi) is 5.36. The van der Waals surface area contributed by atoms with Gasteiger partial charge in [0.05, 0.1) is 6.42 Å². The summed E-state index contributed by atoms with van der Waals surface area (Å²) >= 11 is 5.97. The molecular weight excluding hydrogens is 336 g/mol. The molecule has 4 heteroatoms. The van der Waals surface area contributed by atoms with Gasteiger partial charge in [-0.15, -0.1) is 0 Å². The van der Waals surface area contributed by atoms with E-state index in [-0.39, 0.29) is 6.42 Å². The number of halogens is 1. The molecule has 0 saturated heterocycles. The van der Waals surface area contributed by atoms with E-state index >= 15 is 0 Å². The Hall–Kier alpha value is -2.78. The lowest BCUT2D eigenvalue weighted by Gasteiger charge is -2.13. The van der Waals surface area contributed by atoms with Crippen LogP contribution in [-0.2, 0) is 17.8 Å². The molecule has 0 radical (unpaired) electrons. The summed E-state index contributed by atoms with van der Waals surface area (Å²) in [5.74, 6) is -0.152. The van der Waals surface area contributed by atoms with E-state index in [0.29, 0.717) is 17.4 Å². The standard InChI is InChI=1S/C21H17ClO3/c22-18-9-7-17(8-10-18)19-12-16(13-21(23)24)6-11-20(19)25-14-15-4-2-1-3-5-15/h1-12H,13-14H2,(H,23,24). The first-order valence-electron chi connectivity index (χ1n) is 7.89. The zero-order valence-electron chi connectivity index (χ0n) is 13.5. The Labute approximate surface area is 151 Å². The molecule has 126 valence electrons. The summed E-state index contributed by atoms with van der Waals surface area (Å²) in [5.41, 5.74) is 3.58. The van der Waals surface area contributed by atoms with Gasteiger partial charge in [-0.25, -0.2) is 0 Å². The Morgan fingerprint density at radius 1 is 0.920 bits per heavy atom. The molecular formula is C21H17ClO3. The second-order valence-electron chi connectivity index (χ2n) is 5.68. The molecule has 0 saturated carbocycles.